The minimum atomic E-state index is -0.485. The van der Waals surface area contributed by atoms with Crippen LogP contribution in [-0.4, -0.2) is 49.1 Å². The summed E-state index contributed by atoms with van der Waals surface area (Å²) in [5.41, 5.74) is 7.55. The molecule has 1 heterocycles. The van der Waals surface area contributed by atoms with Gasteiger partial charge in [-0.1, -0.05) is 41.4 Å². The first-order valence-corrected chi connectivity index (χ1v) is 10.1. The SMILES string of the molecule is NC(=O)c1ccc(CC(=O)NCC2CN(Cc3ccc(Cl)c(Cl)c3)CCO2)cc1. The number of carbonyl (C=O) groups excluding carboxylic acids is 2. The normalized spacial score (nSPS) is 17.1. The van der Waals surface area contributed by atoms with E-state index < -0.39 is 5.91 Å². The van der Waals surface area contributed by atoms with Gasteiger partial charge in [0.1, 0.15) is 0 Å². The molecule has 2 amide bonds. The lowest BCUT2D eigenvalue weighted by Gasteiger charge is -2.33. The number of benzene rings is 2. The maximum atomic E-state index is 12.2. The molecule has 0 aromatic heterocycles. The molecule has 0 aliphatic carbocycles. The minimum absolute atomic E-state index is 0.0762. The average Bonchev–Trinajstić information content (AvgIpc) is 2.70. The Labute approximate surface area is 179 Å². The number of morpholine rings is 1. The molecule has 1 atom stereocenters. The van der Waals surface area contributed by atoms with E-state index in [0.717, 1.165) is 24.2 Å². The molecule has 2 aromatic rings. The second-order valence-electron chi connectivity index (χ2n) is 7.02. The van der Waals surface area contributed by atoms with Crippen LogP contribution in [0.15, 0.2) is 42.5 Å². The Hall–Kier alpha value is -2.12. The van der Waals surface area contributed by atoms with E-state index in [1.54, 1.807) is 30.3 Å². The highest BCUT2D eigenvalue weighted by Crippen LogP contribution is 2.23. The summed E-state index contributed by atoms with van der Waals surface area (Å²) in [5, 5.41) is 4.01. The van der Waals surface area contributed by atoms with Gasteiger partial charge in [-0.25, -0.2) is 0 Å². The Morgan fingerprint density at radius 3 is 2.52 bits per heavy atom. The van der Waals surface area contributed by atoms with Crippen LogP contribution in [0.2, 0.25) is 10.0 Å². The van der Waals surface area contributed by atoms with Gasteiger partial charge in [-0.05, 0) is 35.4 Å². The summed E-state index contributed by atoms with van der Waals surface area (Å²) in [6.45, 7) is 3.33. The molecule has 3 N–H and O–H groups in total. The zero-order valence-corrected chi connectivity index (χ0v) is 17.4. The van der Waals surface area contributed by atoms with Gasteiger partial charge < -0.3 is 15.8 Å². The monoisotopic (exact) mass is 435 g/mol. The summed E-state index contributed by atoms with van der Waals surface area (Å²) in [4.78, 5) is 25.6. The third-order valence-corrected chi connectivity index (χ3v) is 5.48. The summed E-state index contributed by atoms with van der Waals surface area (Å²) in [5.74, 6) is -0.581. The van der Waals surface area contributed by atoms with Crippen molar-refractivity contribution in [3.63, 3.8) is 0 Å². The average molecular weight is 436 g/mol. The molecule has 6 nitrogen and oxygen atoms in total. The molecule has 1 fully saturated rings. The van der Waals surface area contributed by atoms with Crippen molar-refractivity contribution in [2.75, 3.05) is 26.2 Å². The van der Waals surface area contributed by atoms with Crippen LogP contribution in [0, 0.1) is 0 Å². The van der Waals surface area contributed by atoms with Crippen molar-refractivity contribution < 1.29 is 14.3 Å². The van der Waals surface area contributed by atoms with Gasteiger partial charge >= 0.3 is 0 Å². The molecule has 0 spiro atoms. The maximum absolute atomic E-state index is 12.2. The molecular formula is C21H23Cl2N3O3. The number of nitrogens with one attached hydrogen (secondary N) is 1. The fourth-order valence-electron chi connectivity index (χ4n) is 3.21. The third kappa shape index (κ3) is 6.44. The number of amides is 2. The largest absolute Gasteiger partial charge is 0.374 e. The van der Waals surface area contributed by atoms with E-state index >= 15 is 0 Å². The first-order valence-electron chi connectivity index (χ1n) is 9.34. The Balaban J connectivity index is 1.45. The number of ether oxygens (including phenoxy) is 1. The highest BCUT2D eigenvalue weighted by atomic mass is 35.5. The van der Waals surface area contributed by atoms with Crippen molar-refractivity contribution in [1.29, 1.82) is 0 Å². The van der Waals surface area contributed by atoms with E-state index in [9.17, 15) is 9.59 Å². The van der Waals surface area contributed by atoms with Crippen LogP contribution in [0.5, 0.6) is 0 Å². The van der Waals surface area contributed by atoms with Gasteiger partial charge in [0.05, 0.1) is 29.2 Å². The van der Waals surface area contributed by atoms with Crippen LogP contribution in [0.4, 0.5) is 0 Å². The lowest BCUT2D eigenvalue weighted by atomic mass is 10.1. The predicted molar refractivity (Wildman–Crippen MR) is 113 cm³/mol. The van der Waals surface area contributed by atoms with Crippen LogP contribution < -0.4 is 11.1 Å². The van der Waals surface area contributed by atoms with E-state index in [2.05, 4.69) is 10.2 Å². The highest BCUT2D eigenvalue weighted by Gasteiger charge is 2.21. The van der Waals surface area contributed by atoms with Crippen molar-refractivity contribution in [3.8, 4) is 0 Å². The lowest BCUT2D eigenvalue weighted by molar-refractivity contribution is -0.121. The number of halogens is 2. The molecule has 8 heteroatoms. The second kappa shape index (κ2) is 10.1. The number of rotatable bonds is 7. The van der Waals surface area contributed by atoms with Crippen LogP contribution >= 0.6 is 23.2 Å². The van der Waals surface area contributed by atoms with Crippen molar-refractivity contribution in [1.82, 2.24) is 10.2 Å². The molecule has 1 aliphatic heterocycles. The van der Waals surface area contributed by atoms with Gasteiger partial charge in [-0.3, -0.25) is 14.5 Å². The fourth-order valence-corrected chi connectivity index (χ4v) is 3.53. The maximum Gasteiger partial charge on any atom is 0.248 e. The third-order valence-electron chi connectivity index (χ3n) is 4.74. The molecule has 154 valence electrons. The molecule has 0 bridgehead atoms. The Bertz CT molecular complexity index is 874. The summed E-state index contributed by atoms with van der Waals surface area (Å²) < 4.78 is 5.78. The number of nitrogens with zero attached hydrogens (tertiary/aromatic N) is 1. The van der Waals surface area contributed by atoms with E-state index in [1.807, 2.05) is 12.1 Å². The topological polar surface area (TPSA) is 84.7 Å². The number of hydrogen-bond acceptors (Lipinski definition) is 4. The van der Waals surface area contributed by atoms with Gasteiger partial charge in [-0.15, -0.1) is 0 Å². The zero-order chi connectivity index (χ0) is 20.8. The molecule has 0 saturated carbocycles. The summed E-state index contributed by atoms with van der Waals surface area (Å²) in [6, 6.07) is 12.3. The summed E-state index contributed by atoms with van der Waals surface area (Å²) in [7, 11) is 0. The fraction of sp³-hybridized carbons (Fsp3) is 0.333. The Morgan fingerprint density at radius 1 is 1.10 bits per heavy atom. The first kappa shape index (κ1) is 21.6. The van der Waals surface area contributed by atoms with E-state index in [-0.39, 0.29) is 18.4 Å². The van der Waals surface area contributed by atoms with E-state index in [1.165, 1.54) is 0 Å². The van der Waals surface area contributed by atoms with Gasteiger partial charge in [0.25, 0.3) is 0 Å². The Morgan fingerprint density at radius 2 is 1.83 bits per heavy atom. The molecule has 1 unspecified atom stereocenters. The molecule has 2 aromatic carbocycles. The first-order chi connectivity index (χ1) is 13.9. The van der Waals surface area contributed by atoms with Crippen molar-refractivity contribution in [3.05, 3.63) is 69.2 Å². The quantitative estimate of drug-likeness (QED) is 0.699. The van der Waals surface area contributed by atoms with Crippen LogP contribution in [0.25, 0.3) is 0 Å². The molecule has 1 aliphatic rings. The smallest absolute Gasteiger partial charge is 0.248 e. The summed E-state index contributed by atoms with van der Waals surface area (Å²) in [6.07, 6.45) is 0.159. The van der Waals surface area contributed by atoms with Crippen molar-refractivity contribution in [2.45, 2.75) is 19.1 Å². The van der Waals surface area contributed by atoms with Gasteiger partial charge in [0.15, 0.2) is 0 Å². The highest BCUT2D eigenvalue weighted by molar-refractivity contribution is 6.42. The lowest BCUT2D eigenvalue weighted by Crippen LogP contribution is -2.47. The number of carbonyl (C=O) groups is 2. The van der Waals surface area contributed by atoms with Gasteiger partial charge in [0.2, 0.25) is 11.8 Å². The molecule has 1 saturated heterocycles. The van der Waals surface area contributed by atoms with E-state index in [0.29, 0.717) is 35.3 Å². The van der Waals surface area contributed by atoms with Gasteiger partial charge in [0, 0.05) is 31.7 Å². The number of primary amides is 1. The Kier molecular flexibility index (Phi) is 7.50. The standard InChI is InChI=1S/C21H23Cl2N3O3/c22-18-6-3-15(9-19(18)23)12-26-7-8-29-17(13-26)11-25-20(27)10-14-1-4-16(5-2-14)21(24)28/h1-6,9,17H,7-8,10-13H2,(H2,24,28)(H,25,27). The van der Waals surface area contributed by atoms with Crippen molar-refractivity contribution in [2.24, 2.45) is 5.73 Å². The zero-order valence-electron chi connectivity index (χ0n) is 15.9. The number of hydrogen-bond donors (Lipinski definition) is 2. The van der Waals surface area contributed by atoms with Crippen LogP contribution in [0.1, 0.15) is 21.5 Å². The minimum Gasteiger partial charge on any atom is -0.374 e. The summed E-state index contributed by atoms with van der Waals surface area (Å²) >= 11 is 12.1. The van der Waals surface area contributed by atoms with Gasteiger partial charge in [-0.2, -0.15) is 0 Å². The van der Waals surface area contributed by atoms with E-state index in [4.69, 9.17) is 33.7 Å². The van der Waals surface area contributed by atoms with Crippen molar-refractivity contribution >= 4 is 35.0 Å². The van der Waals surface area contributed by atoms with Crippen LogP contribution in [-0.2, 0) is 22.5 Å². The molecule has 0 radical (unpaired) electrons. The second-order valence-corrected chi connectivity index (χ2v) is 7.83. The van der Waals surface area contributed by atoms with Crippen LogP contribution in [0.3, 0.4) is 0 Å². The molecule has 29 heavy (non-hydrogen) atoms. The predicted octanol–water partition coefficient (Wildman–Crippen LogP) is 2.65. The number of nitrogens with two attached hydrogens (primary N) is 1. The molecule has 3 rings (SSSR count). The molecular weight excluding hydrogens is 413 g/mol.